The topological polar surface area (TPSA) is 3.24 Å². The molecule has 0 fully saturated rings. The van der Waals surface area contributed by atoms with E-state index < -0.39 is 10.8 Å². The second-order valence-corrected chi connectivity index (χ2v) is 15.5. The molecule has 9 aromatic rings. The fraction of sp³-hybridized carbons (Fsp3) is 0.0357. The van der Waals surface area contributed by atoms with Gasteiger partial charge in [0, 0.05) is 5.69 Å². The third-order valence-corrected chi connectivity index (χ3v) is 13.0. The van der Waals surface area contributed by atoms with Crippen LogP contribution in [-0.2, 0) is 10.8 Å². The summed E-state index contributed by atoms with van der Waals surface area (Å²) in [6.07, 6.45) is 0. The van der Waals surface area contributed by atoms with Gasteiger partial charge in [-0.15, -0.1) is 0 Å². The Labute approximate surface area is 333 Å². The zero-order valence-electron chi connectivity index (χ0n) is 31.3. The molecule has 1 aliphatic heterocycles. The number of hydrogen-bond donors (Lipinski definition) is 0. The Morgan fingerprint density at radius 2 is 0.684 bits per heavy atom. The molecule has 1 spiro atoms. The lowest BCUT2D eigenvalue weighted by Crippen LogP contribution is -2.37. The molecule has 57 heavy (non-hydrogen) atoms. The monoisotopic (exact) mass is 723 g/mol. The van der Waals surface area contributed by atoms with E-state index in [1.165, 1.54) is 89.3 Å². The molecule has 1 heterocycles. The summed E-state index contributed by atoms with van der Waals surface area (Å²) >= 11 is 0. The van der Waals surface area contributed by atoms with Crippen LogP contribution in [0.3, 0.4) is 0 Å². The lowest BCUT2D eigenvalue weighted by atomic mass is 9.62. The minimum atomic E-state index is -0.516. The van der Waals surface area contributed by atoms with E-state index in [0.29, 0.717) is 0 Å². The van der Waals surface area contributed by atoms with Crippen molar-refractivity contribution in [1.82, 2.24) is 0 Å². The van der Waals surface area contributed by atoms with Crippen LogP contribution in [0.15, 0.2) is 224 Å². The van der Waals surface area contributed by atoms with Crippen LogP contribution < -0.4 is 4.90 Å². The second-order valence-electron chi connectivity index (χ2n) is 15.5. The summed E-state index contributed by atoms with van der Waals surface area (Å²) in [6, 6.07) is 83.7. The van der Waals surface area contributed by atoms with E-state index in [2.05, 4.69) is 229 Å². The van der Waals surface area contributed by atoms with Crippen LogP contribution in [0.4, 0.5) is 17.1 Å². The number of benzene rings is 9. The minimum absolute atomic E-state index is 0.481. The predicted molar refractivity (Wildman–Crippen MR) is 235 cm³/mol. The summed E-state index contributed by atoms with van der Waals surface area (Å²) in [4.78, 5) is 2.52. The molecule has 9 aromatic carbocycles. The van der Waals surface area contributed by atoms with Crippen molar-refractivity contribution in [2.45, 2.75) is 10.8 Å². The van der Waals surface area contributed by atoms with Gasteiger partial charge in [0.15, 0.2) is 0 Å². The molecule has 0 N–H and O–H groups in total. The van der Waals surface area contributed by atoms with Crippen LogP contribution in [0.25, 0.3) is 33.4 Å². The highest BCUT2D eigenvalue weighted by atomic mass is 15.2. The molecule has 0 unspecified atom stereocenters. The maximum absolute atomic E-state index is 2.52. The molecule has 0 amide bonds. The first kappa shape index (κ1) is 32.1. The maximum atomic E-state index is 2.52. The highest BCUT2D eigenvalue weighted by molar-refractivity contribution is 5.98. The van der Waals surface area contributed by atoms with Gasteiger partial charge in [-0.3, -0.25) is 0 Å². The van der Waals surface area contributed by atoms with Crippen molar-refractivity contribution in [1.29, 1.82) is 0 Å². The normalized spacial score (nSPS) is 14.6. The van der Waals surface area contributed by atoms with Crippen LogP contribution in [0.5, 0.6) is 0 Å². The van der Waals surface area contributed by atoms with Gasteiger partial charge in [0.25, 0.3) is 0 Å². The minimum Gasteiger partial charge on any atom is -0.310 e. The van der Waals surface area contributed by atoms with Gasteiger partial charge in [-0.2, -0.15) is 0 Å². The molecule has 0 atom stereocenters. The number of anilines is 3. The average molecular weight is 724 g/mol. The highest BCUT2D eigenvalue weighted by Crippen LogP contribution is 2.64. The summed E-state index contributed by atoms with van der Waals surface area (Å²) < 4.78 is 0. The standard InChI is InChI=1S/C56H37N/c1-4-18-38(19-5-1)39-32-34-45-46-35-33-42(37-52(46)56(51(45)36-39)47-26-12-10-24-43(47)44-25-11-13-27-48(44)56)57-53-30-16-14-28-49(53)55(40-20-6-2-7-21-40,41-22-8-3-9-23-41)50-29-15-17-31-54(50)57/h1-37H. The van der Waals surface area contributed by atoms with E-state index in [-0.39, 0.29) is 0 Å². The van der Waals surface area contributed by atoms with Crippen LogP contribution in [0, 0.1) is 0 Å². The number of nitrogens with zero attached hydrogens (tertiary/aromatic N) is 1. The zero-order valence-corrected chi connectivity index (χ0v) is 31.3. The van der Waals surface area contributed by atoms with E-state index >= 15 is 0 Å². The van der Waals surface area contributed by atoms with Crippen molar-refractivity contribution in [3.63, 3.8) is 0 Å². The summed E-state index contributed by atoms with van der Waals surface area (Å²) in [5, 5.41) is 0. The molecular weight excluding hydrogens is 687 g/mol. The summed E-state index contributed by atoms with van der Waals surface area (Å²) in [6.45, 7) is 0. The molecule has 266 valence electrons. The van der Waals surface area contributed by atoms with E-state index in [1.54, 1.807) is 0 Å². The van der Waals surface area contributed by atoms with Crippen LogP contribution in [-0.4, -0.2) is 0 Å². The molecular formula is C56H37N. The Hall–Kier alpha value is -7.22. The predicted octanol–water partition coefficient (Wildman–Crippen LogP) is 13.9. The van der Waals surface area contributed by atoms with Gasteiger partial charge in [-0.1, -0.05) is 194 Å². The molecule has 0 radical (unpaired) electrons. The van der Waals surface area contributed by atoms with E-state index in [9.17, 15) is 0 Å². The third-order valence-electron chi connectivity index (χ3n) is 13.0. The van der Waals surface area contributed by atoms with Crippen molar-refractivity contribution < 1.29 is 0 Å². The Kier molecular flexibility index (Phi) is 6.83. The Morgan fingerprint density at radius 3 is 1.25 bits per heavy atom. The smallest absolute Gasteiger partial charge is 0.0742 e. The first-order valence-electron chi connectivity index (χ1n) is 19.9. The van der Waals surface area contributed by atoms with Gasteiger partial charge in [0.05, 0.1) is 22.2 Å². The second kappa shape index (κ2) is 12.1. The Morgan fingerprint density at radius 1 is 0.263 bits per heavy atom. The zero-order chi connectivity index (χ0) is 37.6. The first-order chi connectivity index (χ1) is 28.3. The van der Waals surface area contributed by atoms with Crippen molar-refractivity contribution in [2.75, 3.05) is 4.90 Å². The largest absolute Gasteiger partial charge is 0.310 e. The molecule has 2 aliphatic carbocycles. The van der Waals surface area contributed by atoms with Crippen molar-refractivity contribution in [3.05, 3.63) is 269 Å². The maximum Gasteiger partial charge on any atom is 0.0742 e. The number of hydrogen-bond acceptors (Lipinski definition) is 1. The average Bonchev–Trinajstić information content (AvgIpc) is 3.76. The highest BCUT2D eigenvalue weighted by Gasteiger charge is 2.52. The molecule has 12 rings (SSSR count). The summed E-state index contributed by atoms with van der Waals surface area (Å²) in [7, 11) is 0. The number of rotatable bonds is 4. The quantitative estimate of drug-likeness (QED) is 0.175. The van der Waals surface area contributed by atoms with Crippen molar-refractivity contribution >= 4 is 17.1 Å². The molecule has 3 aliphatic rings. The molecule has 0 saturated heterocycles. The first-order valence-corrected chi connectivity index (χ1v) is 19.9. The van der Waals surface area contributed by atoms with Gasteiger partial charge in [-0.25, -0.2) is 0 Å². The molecule has 1 heteroatoms. The Balaban J connectivity index is 1.15. The summed E-state index contributed by atoms with van der Waals surface area (Å²) in [5.41, 5.74) is 20.6. The van der Waals surface area contributed by atoms with E-state index in [1.807, 2.05) is 0 Å². The van der Waals surface area contributed by atoms with Gasteiger partial charge < -0.3 is 4.90 Å². The molecule has 0 bridgehead atoms. The van der Waals surface area contributed by atoms with Crippen LogP contribution in [0.1, 0.15) is 44.5 Å². The number of fused-ring (bicyclic) bond motifs is 12. The number of para-hydroxylation sites is 2. The molecule has 1 nitrogen and oxygen atoms in total. The molecule has 0 saturated carbocycles. The van der Waals surface area contributed by atoms with Gasteiger partial charge in [0.1, 0.15) is 0 Å². The van der Waals surface area contributed by atoms with Gasteiger partial charge >= 0.3 is 0 Å². The lowest BCUT2D eigenvalue weighted by molar-refractivity contribution is 0.731. The Bertz CT molecular complexity index is 2880. The SMILES string of the molecule is c1ccc(-c2ccc3c(c2)C2(c4ccccc4-c4ccccc42)c2cc(N4c5ccccc5C(c5ccccc5)(c5ccccc5)c5ccccc54)ccc2-3)cc1. The van der Waals surface area contributed by atoms with Gasteiger partial charge in [0.2, 0.25) is 0 Å². The van der Waals surface area contributed by atoms with Gasteiger partial charge in [-0.05, 0) is 108 Å². The molecule has 0 aromatic heterocycles. The van der Waals surface area contributed by atoms with E-state index in [4.69, 9.17) is 0 Å². The van der Waals surface area contributed by atoms with Crippen LogP contribution >= 0.6 is 0 Å². The fourth-order valence-corrected chi connectivity index (χ4v) is 10.8. The van der Waals surface area contributed by atoms with Crippen LogP contribution in [0.2, 0.25) is 0 Å². The van der Waals surface area contributed by atoms with Crippen molar-refractivity contribution in [2.24, 2.45) is 0 Å². The van der Waals surface area contributed by atoms with Crippen molar-refractivity contribution in [3.8, 4) is 33.4 Å². The lowest BCUT2D eigenvalue weighted by Gasteiger charge is -2.46. The summed E-state index contributed by atoms with van der Waals surface area (Å²) in [5.74, 6) is 0. The van der Waals surface area contributed by atoms with E-state index in [0.717, 1.165) is 5.69 Å². The third kappa shape index (κ3) is 4.23. The fourth-order valence-electron chi connectivity index (χ4n) is 10.8.